The van der Waals surface area contributed by atoms with E-state index in [0.717, 1.165) is 22.0 Å². The van der Waals surface area contributed by atoms with E-state index in [2.05, 4.69) is 15.6 Å². The molecule has 3 rings (SSSR count). The van der Waals surface area contributed by atoms with Crippen molar-refractivity contribution in [3.63, 3.8) is 0 Å². The molecule has 0 bridgehead atoms. The van der Waals surface area contributed by atoms with E-state index in [1.165, 1.54) is 0 Å². The van der Waals surface area contributed by atoms with Crippen molar-refractivity contribution in [1.82, 2.24) is 10.3 Å². The third-order valence-electron chi connectivity index (χ3n) is 5.12. The highest BCUT2D eigenvalue weighted by Gasteiger charge is 2.20. The predicted octanol–water partition coefficient (Wildman–Crippen LogP) is 5.55. The van der Waals surface area contributed by atoms with E-state index in [0.29, 0.717) is 30.8 Å². The summed E-state index contributed by atoms with van der Waals surface area (Å²) in [6.45, 7) is 7.91. The monoisotopic (exact) mass is 495 g/mol. The Morgan fingerprint density at radius 3 is 2.42 bits per heavy atom. The van der Waals surface area contributed by atoms with Crippen LogP contribution in [0.25, 0.3) is 10.9 Å². The number of aromatic amines is 1. The zero-order valence-corrected chi connectivity index (χ0v) is 21.1. The second-order valence-electron chi connectivity index (χ2n) is 9.18. The molecule has 1 aromatic heterocycles. The number of aromatic nitrogens is 1. The Labute approximate surface area is 210 Å². The molecule has 0 spiro atoms. The molecule has 0 aliphatic rings. The number of H-pyrrole nitrogens is 1. The number of nitrogens with one attached hydrogen (secondary N) is 3. The number of hydrogen-bond acceptors (Lipinski definition) is 6. The van der Waals surface area contributed by atoms with Crippen molar-refractivity contribution in [1.29, 1.82) is 0 Å². The number of aryl methyl sites for hydroxylation is 1. The van der Waals surface area contributed by atoms with Gasteiger partial charge in [0.25, 0.3) is 0 Å². The summed E-state index contributed by atoms with van der Waals surface area (Å²) in [5.74, 6) is -0.458. The predicted molar refractivity (Wildman–Crippen MR) is 137 cm³/mol. The first kappa shape index (κ1) is 26.6. The maximum Gasteiger partial charge on any atom is 0.411 e. The topological polar surface area (TPSA) is 119 Å². The van der Waals surface area contributed by atoms with Gasteiger partial charge in [-0.05, 0) is 69.9 Å². The van der Waals surface area contributed by atoms with Crippen LogP contribution in [0.15, 0.2) is 48.5 Å². The van der Waals surface area contributed by atoms with E-state index in [1.807, 2.05) is 30.3 Å². The lowest BCUT2D eigenvalue weighted by Crippen LogP contribution is -2.33. The number of fused-ring (bicyclic) bond motifs is 1. The molecule has 36 heavy (non-hydrogen) atoms. The number of amides is 2. The Kier molecular flexibility index (Phi) is 8.94. The number of carbonyl (C=O) groups excluding carboxylic acids is 3. The maximum absolute atomic E-state index is 12.6. The summed E-state index contributed by atoms with van der Waals surface area (Å²) in [5.41, 5.74) is 2.67. The summed E-state index contributed by atoms with van der Waals surface area (Å²) in [4.78, 5) is 39.9. The molecule has 9 heteroatoms. The van der Waals surface area contributed by atoms with Crippen molar-refractivity contribution in [2.75, 3.05) is 18.5 Å². The van der Waals surface area contributed by atoms with Crippen molar-refractivity contribution in [3.8, 4) is 0 Å². The zero-order valence-electron chi connectivity index (χ0n) is 21.1. The number of hydrogen-bond donors (Lipinski definition) is 3. The van der Waals surface area contributed by atoms with Gasteiger partial charge in [-0.1, -0.05) is 30.3 Å². The minimum atomic E-state index is -0.581. The van der Waals surface area contributed by atoms with Crippen LogP contribution in [-0.4, -0.2) is 41.9 Å². The molecular weight excluding hydrogens is 462 g/mol. The van der Waals surface area contributed by atoms with Gasteiger partial charge in [0, 0.05) is 23.1 Å². The van der Waals surface area contributed by atoms with Gasteiger partial charge in [0.2, 0.25) is 0 Å². The standard InChI is InChI=1S/C27H33N3O6/c1-5-34-24(31)23-20(12-9-15-28-25(32)36-27(2,3)4)21-16-19(13-14-22(21)30-23)29-26(33)35-17-18-10-7-6-8-11-18/h6-8,10-11,13-14,16,30H,5,9,12,15,17H2,1-4H3,(H,28,32)(H,29,33). The van der Waals surface area contributed by atoms with Gasteiger partial charge in [0.05, 0.1) is 6.61 Å². The number of anilines is 1. The van der Waals surface area contributed by atoms with Gasteiger partial charge in [-0.15, -0.1) is 0 Å². The van der Waals surface area contributed by atoms with Gasteiger partial charge in [-0.3, -0.25) is 5.32 Å². The second kappa shape index (κ2) is 12.1. The molecule has 9 nitrogen and oxygen atoms in total. The molecule has 0 aliphatic carbocycles. The van der Waals surface area contributed by atoms with Crippen LogP contribution in [0.5, 0.6) is 0 Å². The minimum absolute atomic E-state index is 0.155. The van der Waals surface area contributed by atoms with E-state index < -0.39 is 23.8 Å². The molecule has 2 aromatic carbocycles. The van der Waals surface area contributed by atoms with Crippen molar-refractivity contribution < 1.29 is 28.6 Å². The molecule has 0 aliphatic heterocycles. The molecule has 0 saturated heterocycles. The molecular formula is C27H33N3O6. The normalized spacial score (nSPS) is 11.1. The molecule has 0 saturated carbocycles. The van der Waals surface area contributed by atoms with Gasteiger partial charge >= 0.3 is 18.2 Å². The molecule has 0 unspecified atom stereocenters. The Morgan fingerprint density at radius 1 is 0.972 bits per heavy atom. The first-order chi connectivity index (χ1) is 17.2. The first-order valence-electron chi connectivity index (χ1n) is 11.9. The summed E-state index contributed by atoms with van der Waals surface area (Å²) >= 11 is 0. The molecule has 192 valence electrons. The summed E-state index contributed by atoms with van der Waals surface area (Å²) in [5, 5.41) is 6.24. The van der Waals surface area contributed by atoms with Crippen molar-refractivity contribution in [3.05, 3.63) is 65.4 Å². The lowest BCUT2D eigenvalue weighted by molar-refractivity contribution is 0.0509. The number of esters is 1. The minimum Gasteiger partial charge on any atom is -0.461 e. The fourth-order valence-electron chi connectivity index (χ4n) is 3.61. The van der Waals surface area contributed by atoms with Crippen molar-refractivity contribution >= 4 is 34.7 Å². The average Bonchev–Trinajstić information content (AvgIpc) is 3.18. The van der Waals surface area contributed by atoms with Gasteiger partial charge < -0.3 is 24.5 Å². The second-order valence-corrected chi connectivity index (χ2v) is 9.18. The molecule has 3 aromatic rings. The van der Waals surface area contributed by atoms with Crippen LogP contribution < -0.4 is 10.6 Å². The third kappa shape index (κ3) is 7.76. The molecule has 0 atom stereocenters. The first-order valence-corrected chi connectivity index (χ1v) is 11.9. The largest absolute Gasteiger partial charge is 0.461 e. The van der Waals surface area contributed by atoms with E-state index in [1.54, 1.807) is 45.9 Å². The fraction of sp³-hybridized carbons (Fsp3) is 0.370. The molecule has 1 heterocycles. The van der Waals surface area contributed by atoms with Crippen molar-refractivity contribution in [2.45, 2.75) is 52.7 Å². The quantitative estimate of drug-likeness (QED) is 0.203. The zero-order chi connectivity index (χ0) is 26.1. The smallest absolute Gasteiger partial charge is 0.411 e. The highest BCUT2D eigenvalue weighted by molar-refractivity contribution is 6.00. The number of ether oxygens (including phenoxy) is 3. The Hall–Kier alpha value is -4.01. The summed E-state index contributed by atoms with van der Waals surface area (Å²) in [6.07, 6.45) is -0.0173. The molecule has 3 N–H and O–H groups in total. The van der Waals surface area contributed by atoms with Gasteiger partial charge in [-0.2, -0.15) is 0 Å². The number of carbonyl (C=O) groups is 3. The van der Waals surface area contributed by atoms with Crippen LogP contribution in [0.2, 0.25) is 0 Å². The number of rotatable bonds is 9. The van der Waals surface area contributed by atoms with Crippen LogP contribution in [0, 0.1) is 0 Å². The van der Waals surface area contributed by atoms with E-state index in [4.69, 9.17) is 14.2 Å². The highest BCUT2D eigenvalue weighted by Crippen LogP contribution is 2.27. The average molecular weight is 496 g/mol. The molecule has 0 fully saturated rings. The van der Waals surface area contributed by atoms with E-state index in [9.17, 15) is 14.4 Å². The highest BCUT2D eigenvalue weighted by atomic mass is 16.6. The Bertz CT molecular complexity index is 1200. The van der Waals surface area contributed by atoms with Gasteiger partial charge in [0.15, 0.2) is 0 Å². The van der Waals surface area contributed by atoms with E-state index in [-0.39, 0.29) is 13.2 Å². The van der Waals surface area contributed by atoms with Crippen LogP contribution in [0.1, 0.15) is 55.7 Å². The molecule has 0 radical (unpaired) electrons. The lowest BCUT2D eigenvalue weighted by Gasteiger charge is -2.19. The Morgan fingerprint density at radius 2 is 1.72 bits per heavy atom. The number of benzene rings is 2. The van der Waals surface area contributed by atoms with Gasteiger partial charge in [0.1, 0.15) is 17.9 Å². The molecule has 2 amide bonds. The summed E-state index contributed by atoms with van der Waals surface area (Å²) in [6, 6.07) is 14.7. The van der Waals surface area contributed by atoms with Crippen molar-refractivity contribution in [2.24, 2.45) is 0 Å². The summed E-state index contributed by atoms with van der Waals surface area (Å²) < 4.78 is 15.8. The van der Waals surface area contributed by atoms with E-state index >= 15 is 0 Å². The lowest BCUT2D eigenvalue weighted by atomic mass is 10.0. The van der Waals surface area contributed by atoms with Crippen LogP contribution in [-0.2, 0) is 27.2 Å². The maximum atomic E-state index is 12.6. The van der Waals surface area contributed by atoms with Crippen LogP contribution in [0.4, 0.5) is 15.3 Å². The van der Waals surface area contributed by atoms with Crippen LogP contribution >= 0.6 is 0 Å². The SMILES string of the molecule is CCOC(=O)c1[nH]c2ccc(NC(=O)OCc3ccccc3)cc2c1CCCNC(=O)OC(C)(C)C. The number of alkyl carbamates (subject to hydrolysis) is 1. The van der Waals surface area contributed by atoms with Crippen LogP contribution in [0.3, 0.4) is 0 Å². The van der Waals surface area contributed by atoms with Gasteiger partial charge in [-0.25, -0.2) is 14.4 Å². The summed E-state index contributed by atoms with van der Waals surface area (Å²) in [7, 11) is 0. The Balaban J connectivity index is 1.71. The third-order valence-corrected chi connectivity index (χ3v) is 5.12. The fourth-order valence-corrected chi connectivity index (χ4v) is 3.61.